The highest BCUT2D eigenvalue weighted by molar-refractivity contribution is 4.81. The van der Waals surface area contributed by atoms with Gasteiger partial charge in [-0.3, -0.25) is 11.3 Å². The SMILES string of the molecule is NNC(CCC1CC1)C1CCOCC1. The predicted molar refractivity (Wildman–Crippen MR) is 56.6 cm³/mol. The average molecular weight is 198 g/mol. The summed E-state index contributed by atoms with van der Waals surface area (Å²) in [5.74, 6) is 7.38. The van der Waals surface area contributed by atoms with Gasteiger partial charge in [-0.2, -0.15) is 0 Å². The molecule has 0 aromatic rings. The van der Waals surface area contributed by atoms with Crippen molar-refractivity contribution >= 4 is 0 Å². The van der Waals surface area contributed by atoms with E-state index in [1.807, 2.05) is 0 Å². The average Bonchev–Trinajstić information content (AvgIpc) is 3.04. The highest BCUT2D eigenvalue weighted by Gasteiger charge is 2.26. The van der Waals surface area contributed by atoms with Gasteiger partial charge in [-0.15, -0.1) is 0 Å². The van der Waals surface area contributed by atoms with Crippen molar-refractivity contribution in [2.24, 2.45) is 17.7 Å². The van der Waals surface area contributed by atoms with E-state index in [1.54, 1.807) is 0 Å². The second kappa shape index (κ2) is 5.10. The Hall–Kier alpha value is -0.120. The fourth-order valence-corrected chi connectivity index (χ4v) is 2.40. The standard InChI is InChI=1S/C11H22N2O/c12-13-11(4-3-9-1-2-9)10-5-7-14-8-6-10/h9-11,13H,1-8,12H2. The first-order chi connectivity index (χ1) is 6.90. The van der Waals surface area contributed by atoms with E-state index in [-0.39, 0.29) is 0 Å². The third-order valence-corrected chi connectivity index (χ3v) is 3.63. The molecule has 3 N–H and O–H groups in total. The molecular weight excluding hydrogens is 176 g/mol. The van der Waals surface area contributed by atoms with Crippen molar-refractivity contribution in [3.63, 3.8) is 0 Å². The van der Waals surface area contributed by atoms with Gasteiger partial charge in [0.1, 0.15) is 0 Å². The molecule has 1 heterocycles. The summed E-state index contributed by atoms with van der Waals surface area (Å²) in [4.78, 5) is 0. The van der Waals surface area contributed by atoms with E-state index < -0.39 is 0 Å². The summed E-state index contributed by atoms with van der Waals surface area (Å²) in [5.41, 5.74) is 3.00. The van der Waals surface area contributed by atoms with Gasteiger partial charge in [-0.05, 0) is 37.5 Å². The molecule has 1 unspecified atom stereocenters. The van der Waals surface area contributed by atoms with Crippen LogP contribution >= 0.6 is 0 Å². The largest absolute Gasteiger partial charge is 0.381 e. The van der Waals surface area contributed by atoms with Crippen LogP contribution < -0.4 is 11.3 Å². The van der Waals surface area contributed by atoms with Gasteiger partial charge in [-0.25, -0.2) is 0 Å². The molecular formula is C11H22N2O. The molecule has 2 fully saturated rings. The summed E-state index contributed by atoms with van der Waals surface area (Å²) in [6, 6.07) is 0.527. The molecule has 3 heteroatoms. The Balaban J connectivity index is 1.71. The number of nitrogens with two attached hydrogens (primary N) is 1. The summed E-state index contributed by atoms with van der Waals surface area (Å²) in [5, 5.41) is 0. The number of hydrogen-bond donors (Lipinski definition) is 2. The topological polar surface area (TPSA) is 47.3 Å². The highest BCUT2D eigenvalue weighted by Crippen LogP contribution is 2.35. The molecule has 0 aromatic carbocycles. The van der Waals surface area contributed by atoms with E-state index in [4.69, 9.17) is 10.6 Å². The molecule has 1 aliphatic carbocycles. The lowest BCUT2D eigenvalue weighted by molar-refractivity contribution is 0.0521. The fraction of sp³-hybridized carbons (Fsp3) is 1.00. The monoisotopic (exact) mass is 198 g/mol. The second-order valence-corrected chi connectivity index (χ2v) is 4.74. The molecule has 0 aromatic heterocycles. The quantitative estimate of drug-likeness (QED) is 0.519. The first kappa shape index (κ1) is 10.4. The van der Waals surface area contributed by atoms with Crippen LogP contribution in [0.25, 0.3) is 0 Å². The predicted octanol–water partition coefficient (Wildman–Crippen LogP) is 1.44. The number of hydrogen-bond acceptors (Lipinski definition) is 3. The van der Waals surface area contributed by atoms with Crippen molar-refractivity contribution in [2.75, 3.05) is 13.2 Å². The molecule has 1 saturated heterocycles. The summed E-state index contributed by atoms with van der Waals surface area (Å²) in [6.45, 7) is 1.85. The minimum absolute atomic E-state index is 0.527. The summed E-state index contributed by atoms with van der Waals surface area (Å²) >= 11 is 0. The summed E-state index contributed by atoms with van der Waals surface area (Å²) in [6.07, 6.45) is 7.88. The van der Waals surface area contributed by atoms with E-state index in [9.17, 15) is 0 Å². The van der Waals surface area contributed by atoms with Crippen LogP contribution in [0.15, 0.2) is 0 Å². The van der Waals surface area contributed by atoms with Crippen LogP contribution in [0.3, 0.4) is 0 Å². The third kappa shape index (κ3) is 2.94. The van der Waals surface area contributed by atoms with Crippen LogP contribution in [0.5, 0.6) is 0 Å². The first-order valence-electron chi connectivity index (χ1n) is 5.94. The molecule has 82 valence electrons. The lowest BCUT2D eigenvalue weighted by atomic mass is 9.89. The maximum Gasteiger partial charge on any atom is 0.0469 e. The molecule has 0 spiro atoms. The number of ether oxygens (including phenoxy) is 1. The zero-order valence-corrected chi connectivity index (χ0v) is 8.87. The van der Waals surface area contributed by atoms with Crippen molar-refractivity contribution in [2.45, 2.75) is 44.6 Å². The highest BCUT2D eigenvalue weighted by atomic mass is 16.5. The Morgan fingerprint density at radius 2 is 1.93 bits per heavy atom. The molecule has 1 aliphatic heterocycles. The lowest BCUT2D eigenvalue weighted by Gasteiger charge is -2.29. The van der Waals surface area contributed by atoms with Crippen LogP contribution in [0, 0.1) is 11.8 Å². The Labute approximate surface area is 86.4 Å². The Bertz CT molecular complexity index is 165. The Morgan fingerprint density at radius 3 is 2.50 bits per heavy atom. The minimum atomic E-state index is 0.527. The zero-order chi connectivity index (χ0) is 9.80. The van der Waals surface area contributed by atoms with Crippen LogP contribution in [0.2, 0.25) is 0 Å². The van der Waals surface area contributed by atoms with E-state index in [0.29, 0.717) is 6.04 Å². The Kier molecular flexibility index (Phi) is 3.79. The first-order valence-corrected chi connectivity index (χ1v) is 5.94. The lowest BCUT2D eigenvalue weighted by Crippen LogP contribution is -2.43. The van der Waals surface area contributed by atoms with Crippen molar-refractivity contribution < 1.29 is 4.74 Å². The van der Waals surface area contributed by atoms with Crippen LogP contribution in [0.4, 0.5) is 0 Å². The third-order valence-electron chi connectivity index (χ3n) is 3.63. The summed E-state index contributed by atoms with van der Waals surface area (Å²) < 4.78 is 5.36. The van der Waals surface area contributed by atoms with Crippen LogP contribution in [0.1, 0.15) is 38.5 Å². The second-order valence-electron chi connectivity index (χ2n) is 4.74. The van der Waals surface area contributed by atoms with Gasteiger partial charge in [0.25, 0.3) is 0 Å². The molecule has 0 radical (unpaired) electrons. The van der Waals surface area contributed by atoms with E-state index >= 15 is 0 Å². The Morgan fingerprint density at radius 1 is 1.21 bits per heavy atom. The maximum atomic E-state index is 5.62. The van der Waals surface area contributed by atoms with Crippen molar-refractivity contribution in [3.05, 3.63) is 0 Å². The smallest absolute Gasteiger partial charge is 0.0469 e. The van der Waals surface area contributed by atoms with Gasteiger partial charge < -0.3 is 4.74 Å². The van der Waals surface area contributed by atoms with E-state index in [1.165, 1.54) is 38.5 Å². The molecule has 2 aliphatic rings. The molecule has 1 atom stereocenters. The van der Waals surface area contributed by atoms with Gasteiger partial charge in [0.05, 0.1) is 0 Å². The number of nitrogens with one attached hydrogen (secondary N) is 1. The van der Waals surface area contributed by atoms with Crippen molar-refractivity contribution in [1.29, 1.82) is 0 Å². The number of rotatable bonds is 5. The zero-order valence-electron chi connectivity index (χ0n) is 8.87. The normalized spacial score (nSPS) is 26.4. The van der Waals surface area contributed by atoms with E-state index in [0.717, 1.165) is 25.0 Å². The van der Waals surface area contributed by atoms with Gasteiger partial charge in [0.2, 0.25) is 0 Å². The molecule has 0 amide bonds. The van der Waals surface area contributed by atoms with Gasteiger partial charge in [-0.1, -0.05) is 12.8 Å². The fourth-order valence-electron chi connectivity index (χ4n) is 2.40. The summed E-state index contributed by atoms with van der Waals surface area (Å²) in [7, 11) is 0. The molecule has 3 nitrogen and oxygen atoms in total. The van der Waals surface area contributed by atoms with Gasteiger partial charge in [0, 0.05) is 19.3 Å². The number of hydrazine groups is 1. The van der Waals surface area contributed by atoms with Crippen molar-refractivity contribution in [3.8, 4) is 0 Å². The molecule has 0 bridgehead atoms. The van der Waals surface area contributed by atoms with Crippen LogP contribution in [-0.2, 0) is 4.74 Å². The van der Waals surface area contributed by atoms with Gasteiger partial charge in [0.15, 0.2) is 0 Å². The van der Waals surface area contributed by atoms with Crippen LogP contribution in [-0.4, -0.2) is 19.3 Å². The van der Waals surface area contributed by atoms with E-state index in [2.05, 4.69) is 5.43 Å². The maximum absolute atomic E-state index is 5.62. The van der Waals surface area contributed by atoms with Gasteiger partial charge >= 0.3 is 0 Å². The molecule has 1 saturated carbocycles. The molecule has 14 heavy (non-hydrogen) atoms. The minimum Gasteiger partial charge on any atom is -0.381 e. The van der Waals surface area contributed by atoms with Crippen molar-refractivity contribution in [1.82, 2.24) is 5.43 Å². The molecule has 2 rings (SSSR count).